The lowest BCUT2D eigenvalue weighted by Crippen LogP contribution is -2.06. The molecule has 0 bridgehead atoms. The van der Waals surface area contributed by atoms with Crippen molar-refractivity contribution in [2.75, 3.05) is 6.61 Å². The number of pyridine rings is 1. The predicted molar refractivity (Wildman–Crippen MR) is 101 cm³/mol. The highest BCUT2D eigenvalue weighted by Gasteiger charge is 2.15. The average molecular weight is 358 g/mol. The van der Waals surface area contributed by atoms with Crippen LogP contribution in [0.3, 0.4) is 0 Å². The summed E-state index contributed by atoms with van der Waals surface area (Å²) >= 11 is 0. The maximum absolute atomic E-state index is 12.0. The molecule has 6 nitrogen and oxygen atoms in total. The zero-order chi connectivity index (χ0) is 19.1. The Labute approximate surface area is 157 Å². The number of ether oxygens (including phenoxy) is 1. The molecule has 0 unspecified atom stereocenters. The largest absolute Gasteiger partial charge is 0.462 e. The van der Waals surface area contributed by atoms with Crippen LogP contribution in [0.4, 0.5) is 0 Å². The summed E-state index contributed by atoms with van der Waals surface area (Å²) in [5.41, 5.74) is 3.14. The minimum Gasteiger partial charge on any atom is -0.462 e. The van der Waals surface area contributed by atoms with Crippen LogP contribution in [0.25, 0.3) is 17.3 Å². The summed E-state index contributed by atoms with van der Waals surface area (Å²) in [6, 6.07) is 15.5. The molecule has 0 radical (unpaired) electrons. The Morgan fingerprint density at radius 1 is 1.26 bits per heavy atom. The van der Waals surface area contributed by atoms with Gasteiger partial charge in [0.05, 0.1) is 13.2 Å². The molecule has 0 aliphatic carbocycles. The monoisotopic (exact) mass is 358 g/mol. The number of esters is 1. The van der Waals surface area contributed by atoms with Gasteiger partial charge in [0, 0.05) is 29.7 Å². The molecule has 0 saturated carbocycles. The third-order valence-electron chi connectivity index (χ3n) is 3.83. The molecule has 0 saturated heterocycles. The average Bonchev–Trinajstić information content (AvgIpc) is 3.10. The van der Waals surface area contributed by atoms with Gasteiger partial charge in [-0.15, -0.1) is 0 Å². The number of nitrogens with zero attached hydrogens (tertiary/aromatic N) is 4. The number of aromatic nitrogens is 3. The number of rotatable bonds is 6. The van der Waals surface area contributed by atoms with Crippen LogP contribution >= 0.6 is 0 Å². The molecule has 6 heteroatoms. The second-order valence-electron chi connectivity index (χ2n) is 5.75. The normalized spacial score (nSPS) is 11.0. The molecule has 2 heterocycles. The SMILES string of the molecule is CCOC(=O)/C(C#N)=C\c1cn(Cc2ccccc2)nc1-c1cccnc1. The van der Waals surface area contributed by atoms with Crippen molar-refractivity contribution in [3.05, 3.63) is 77.8 Å². The van der Waals surface area contributed by atoms with E-state index in [1.165, 1.54) is 6.08 Å². The van der Waals surface area contributed by atoms with Crippen LogP contribution in [-0.4, -0.2) is 27.3 Å². The summed E-state index contributed by atoms with van der Waals surface area (Å²) in [5, 5.41) is 14.0. The molecule has 3 aromatic rings. The number of hydrogen-bond donors (Lipinski definition) is 0. The van der Waals surface area contributed by atoms with E-state index in [1.807, 2.05) is 54.7 Å². The van der Waals surface area contributed by atoms with Gasteiger partial charge in [-0.3, -0.25) is 9.67 Å². The van der Waals surface area contributed by atoms with E-state index in [1.54, 1.807) is 24.0 Å². The summed E-state index contributed by atoms with van der Waals surface area (Å²) in [7, 11) is 0. The van der Waals surface area contributed by atoms with Gasteiger partial charge in [0.2, 0.25) is 0 Å². The smallest absolute Gasteiger partial charge is 0.348 e. The van der Waals surface area contributed by atoms with Gasteiger partial charge in [0.15, 0.2) is 0 Å². The second kappa shape index (κ2) is 8.59. The molecule has 0 amide bonds. The van der Waals surface area contributed by atoms with E-state index in [2.05, 4.69) is 10.1 Å². The molecule has 1 aromatic carbocycles. The third-order valence-corrected chi connectivity index (χ3v) is 3.83. The number of nitriles is 1. The van der Waals surface area contributed by atoms with E-state index in [-0.39, 0.29) is 12.2 Å². The number of carbonyl (C=O) groups excluding carboxylic acids is 1. The van der Waals surface area contributed by atoms with Crippen LogP contribution in [-0.2, 0) is 16.1 Å². The van der Waals surface area contributed by atoms with Crippen molar-refractivity contribution in [3.8, 4) is 17.3 Å². The molecule has 27 heavy (non-hydrogen) atoms. The van der Waals surface area contributed by atoms with Gasteiger partial charge in [0.1, 0.15) is 17.3 Å². The van der Waals surface area contributed by atoms with Gasteiger partial charge in [0.25, 0.3) is 0 Å². The van der Waals surface area contributed by atoms with Crippen LogP contribution in [0.5, 0.6) is 0 Å². The lowest BCUT2D eigenvalue weighted by Gasteiger charge is -2.01. The Morgan fingerprint density at radius 3 is 2.74 bits per heavy atom. The summed E-state index contributed by atoms with van der Waals surface area (Å²) in [5.74, 6) is -0.645. The summed E-state index contributed by atoms with van der Waals surface area (Å²) in [6.07, 6.45) is 6.70. The maximum Gasteiger partial charge on any atom is 0.348 e. The topological polar surface area (TPSA) is 80.8 Å². The van der Waals surface area contributed by atoms with E-state index in [4.69, 9.17) is 4.74 Å². The molecular weight excluding hydrogens is 340 g/mol. The van der Waals surface area contributed by atoms with Gasteiger partial charge < -0.3 is 4.74 Å². The Bertz CT molecular complexity index is 986. The summed E-state index contributed by atoms with van der Waals surface area (Å²) in [4.78, 5) is 16.1. The van der Waals surface area contributed by atoms with Crippen LogP contribution in [0, 0.1) is 11.3 Å². The van der Waals surface area contributed by atoms with Crippen molar-refractivity contribution in [2.24, 2.45) is 0 Å². The third kappa shape index (κ3) is 4.47. The standard InChI is InChI=1S/C21H18N4O2/c1-2-27-21(26)18(12-22)11-19-15-25(14-16-7-4-3-5-8-16)24-20(19)17-9-6-10-23-13-17/h3-11,13,15H,2,14H2,1H3/b18-11-. The lowest BCUT2D eigenvalue weighted by molar-refractivity contribution is -0.137. The number of hydrogen-bond acceptors (Lipinski definition) is 5. The van der Waals surface area contributed by atoms with E-state index in [0.717, 1.165) is 11.1 Å². The van der Waals surface area contributed by atoms with Gasteiger partial charge >= 0.3 is 5.97 Å². The van der Waals surface area contributed by atoms with Crippen molar-refractivity contribution in [2.45, 2.75) is 13.5 Å². The van der Waals surface area contributed by atoms with Crippen LogP contribution in [0.15, 0.2) is 66.6 Å². The Morgan fingerprint density at radius 2 is 2.07 bits per heavy atom. The van der Waals surface area contributed by atoms with E-state index in [0.29, 0.717) is 17.8 Å². The van der Waals surface area contributed by atoms with Crippen LogP contribution < -0.4 is 0 Å². The number of carbonyl (C=O) groups is 1. The highest BCUT2D eigenvalue weighted by atomic mass is 16.5. The van der Waals surface area contributed by atoms with Gasteiger partial charge in [-0.25, -0.2) is 4.79 Å². The summed E-state index contributed by atoms with van der Waals surface area (Å²) < 4.78 is 6.73. The first-order valence-electron chi connectivity index (χ1n) is 8.52. The minimum atomic E-state index is -0.645. The van der Waals surface area contributed by atoms with Gasteiger partial charge in [-0.05, 0) is 30.7 Å². The van der Waals surface area contributed by atoms with Crippen LogP contribution in [0.1, 0.15) is 18.1 Å². The first-order chi connectivity index (χ1) is 13.2. The molecule has 0 aliphatic rings. The van der Waals surface area contributed by atoms with E-state index in [9.17, 15) is 10.1 Å². The Kier molecular flexibility index (Phi) is 5.75. The molecule has 0 atom stereocenters. The first kappa shape index (κ1) is 18.1. The summed E-state index contributed by atoms with van der Waals surface area (Å²) in [6.45, 7) is 2.48. The molecule has 2 aromatic heterocycles. The highest BCUT2D eigenvalue weighted by Crippen LogP contribution is 2.24. The van der Waals surface area contributed by atoms with Crippen molar-refractivity contribution < 1.29 is 9.53 Å². The Balaban J connectivity index is 2.03. The lowest BCUT2D eigenvalue weighted by atomic mass is 10.1. The highest BCUT2D eigenvalue weighted by molar-refractivity contribution is 5.98. The van der Waals surface area contributed by atoms with Gasteiger partial charge in [-0.1, -0.05) is 30.3 Å². The molecule has 0 aliphatic heterocycles. The fourth-order valence-corrected chi connectivity index (χ4v) is 2.62. The quantitative estimate of drug-likeness (QED) is 0.383. The first-order valence-corrected chi connectivity index (χ1v) is 8.52. The van der Waals surface area contributed by atoms with E-state index >= 15 is 0 Å². The fraction of sp³-hybridized carbons (Fsp3) is 0.143. The molecule has 0 spiro atoms. The second-order valence-corrected chi connectivity index (χ2v) is 5.75. The zero-order valence-electron chi connectivity index (χ0n) is 14.9. The molecule has 134 valence electrons. The van der Waals surface area contributed by atoms with Crippen molar-refractivity contribution in [1.29, 1.82) is 5.26 Å². The molecule has 0 N–H and O–H groups in total. The van der Waals surface area contributed by atoms with Crippen LogP contribution in [0.2, 0.25) is 0 Å². The van der Waals surface area contributed by atoms with Crippen molar-refractivity contribution >= 4 is 12.0 Å². The molecule has 0 fully saturated rings. The zero-order valence-corrected chi connectivity index (χ0v) is 14.9. The minimum absolute atomic E-state index is 0.0683. The van der Waals surface area contributed by atoms with Crippen molar-refractivity contribution in [3.63, 3.8) is 0 Å². The molecule has 3 rings (SSSR count). The van der Waals surface area contributed by atoms with Gasteiger partial charge in [-0.2, -0.15) is 10.4 Å². The Hall–Kier alpha value is -3.72. The molecular formula is C21H18N4O2. The van der Waals surface area contributed by atoms with Crippen molar-refractivity contribution in [1.82, 2.24) is 14.8 Å². The fourth-order valence-electron chi connectivity index (χ4n) is 2.62. The number of benzene rings is 1. The maximum atomic E-state index is 12.0. The predicted octanol–water partition coefficient (Wildman–Crippen LogP) is 3.46. The van der Waals surface area contributed by atoms with E-state index < -0.39 is 5.97 Å².